The summed E-state index contributed by atoms with van der Waals surface area (Å²) >= 11 is 5.97. The third-order valence-corrected chi connectivity index (χ3v) is 2.84. The molecule has 3 heteroatoms. The molecule has 0 aliphatic rings. The van der Waals surface area contributed by atoms with Gasteiger partial charge in [-0.2, -0.15) is 0 Å². The predicted molar refractivity (Wildman–Crippen MR) is 60.8 cm³/mol. The molecule has 0 aliphatic heterocycles. The summed E-state index contributed by atoms with van der Waals surface area (Å²) in [5, 5.41) is 1.44. The fraction of sp³-hybridized carbons (Fsp3) is 0.250. The Morgan fingerprint density at radius 2 is 2.07 bits per heavy atom. The normalized spacial score (nSPS) is 10.9. The fourth-order valence-electron chi connectivity index (χ4n) is 1.68. The van der Waals surface area contributed by atoms with Gasteiger partial charge in [-0.15, -0.1) is 0 Å². The van der Waals surface area contributed by atoms with E-state index >= 15 is 0 Å². The van der Waals surface area contributed by atoms with E-state index in [2.05, 4.69) is 4.98 Å². The Morgan fingerprint density at radius 3 is 2.73 bits per heavy atom. The van der Waals surface area contributed by atoms with Gasteiger partial charge in [0.25, 0.3) is 0 Å². The summed E-state index contributed by atoms with van der Waals surface area (Å²) in [7, 11) is 0. The number of halogens is 2. The highest BCUT2D eigenvalue weighted by molar-refractivity contribution is 6.30. The first kappa shape index (κ1) is 10.4. The third-order valence-electron chi connectivity index (χ3n) is 2.51. The minimum Gasteiger partial charge on any atom is -0.236 e. The van der Waals surface area contributed by atoms with Crippen LogP contribution in [0.1, 0.15) is 18.1 Å². The van der Waals surface area contributed by atoms with E-state index in [1.54, 1.807) is 0 Å². The summed E-state index contributed by atoms with van der Waals surface area (Å²) < 4.78 is 13.1. The number of aryl methyl sites for hydroxylation is 2. The van der Waals surface area contributed by atoms with Gasteiger partial charge in [-0.1, -0.05) is 18.5 Å². The molecule has 0 fully saturated rings. The Hall–Kier alpha value is -1.15. The molecule has 1 aromatic carbocycles. The Labute approximate surface area is 92.9 Å². The Balaban J connectivity index is 2.81. The van der Waals surface area contributed by atoms with Crippen LogP contribution >= 0.6 is 11.6 Å². The zero-order valence-corrected chi connectivity index (χ0v) is 9.40. The number of pyridine rings is 1. The van der Waals surface area contributed by atoms with Crippen LogP contribution in [-0.4, -0.2) is 4.98 Å². The van der Waals surface area contributed by atoms with Gasteiger partial charge in [0, 0.05) is 11.5 Å². The highest BCUT2D eigenvalue weighted by Gasteiger charge is 2.06. The van der Waals surface area contributed by atoms with E-state index in [1.807, 2.05) is 19.9 Å². The van der Waals surface area contributed by atoms with Crippen LogP contribution in [0.2, 0.25) is 5.15 Å². The van der Waals surface area contributed by atoms with Crippen LogP contribution < -0.4 is 0 Å². The van der Waals surface area contributed by atoms with Crippen molar-refractivity contribution in [1.82, 2.24) is 4.98 Å². The van der Waals surface area contributed by atoms with Crippen molar-refractivity contribution in [3.63, 3.8) is 0 Å². The van der Waals surface area contributed by atoms with E-state index in [9.17, 15) is 4.39 Å². The number of fused-ring (bicyclic) bond motifs is 1. The maximum Gasteiger partial charge on any atom is 0.132 e. The minimum atomic E-state index is -0.271. The molecule has 0 saturated heterocycles. The summed E-state index contributed by atoms with van der Waals surface area (Å²) in [6.45, 7) is 3.90. The molecule has 1 aromatic heterocycles. The van der Waals surface area contributed by atoms with Crippen molar-refractivity contribution in [2.24, 2.45) is 0 Å². The maximum absolute atomic E-state index is 13.1. The average molecular weight is 224 g/mol. The first-order valence-corrected chi connectivity index (χ1v) is 5.25. The molecule has 0 aliphatic carbocycles. The van der Waals surface area contributed by atoms with Crippen LogP contribution in [0.15, 0.2) is 18.2 Å². The molecule has 2 aromatic rings. The molecule has 0 radical (unpaired) electrons. The predicted octanol–water partition coefficient (Wildman–Crippen LogP) is 3.90. The monoisotopic (exact) mass is 223 g/mol. The van der Waals surface area contributed by atoms with Gasteiger partial charge >= 0.3 is 0 Å². The van der Waals surface area contributed by atoms with Crippen molar-refractivity contribution in [2.45, 2.75) is 20.3 Å². The Morgan fingerprint density at radius 1 is 1.33 bits per heavy atom. The first-order chi connectivity index (χ1) is 7.11. The topological polar surface area (TPSA) is 12.9 Å². The first-order valence-electron chi connectivity index (χ1n) is 4.87. The van der Waals surface area contributed by atoms with Gasteiger partial charge in [0.2, 0.25) is 0 Å². The molecule has 78 valence electrons. The van der Waals surface area contributed by atoms with Gasteiger partial charge in [0.1, 0.15) is 11.0 Å². The SMILES string of the molecule is CCc1cc2c(C)cc(F)cc2nc1Cl. The summed E-state index contributed by atoms with van der Waals surface area (Å²) in [5.74, 6) is -0.271. The maximum atomic E-state index is 13.1. The van der Waals surface area contributed by atoms with Crippen LogP contribution in [0.25, 0.3) is 10.9 Å². The lowest BCUT2D eigenvalue weighted by atomic mass is 10.1. The third kappa shape index (κ3) is 1.82. The second-order valence-corrected chi connectivity index (χ2v) is 3.94. The van der Waals surface area contributed by atoms with Gasteiger partial charge < -0.3 is 0 Å². The van der Waals surface area contributed by atoms with Crippen LogP contribution in [-0.2, 0) is 6.42 Å². The van der Waals surface area contributed by atoms with Crippen molar-refractivity contribution in [2.75, 3.05) is 0 Å². The molecular weight excluding hydrogens is 213 g/mol. The molecule has 15 heavy (non-hydrogen) atoms. The van der Waals surface area contributed by atoms with Gasteiger partial charge in [0.05, 0.1) is 5.52 Å². The zero-order chi connectivity index (χ0) is 11.0. The minimum absolute atomic E-state index is 0.271. The van der Waals surface area contributed by atoms with Crippen LogP contribution in [0, 0.1) is 12.7 Å². The summed E-state index contributed by atoms with van der Waals surface area (Å²) in [6, 6.07) is 4.91. The van der Waals surface area contributed by atoms with Gasteiger partial charge in [-0.05, 0) is 36.6 Å². The molecule has 0 bridgehead atoms. The highest BCUT2D eigenvalue weighted by atomic mass is 35.5. The van der Waals surface area contributed by atoms with Crippen molar-refractivity contribution < 1.29 is 4.39 Å². The average Bonchev–Trinajstić information content (AvgIpc) is 2.16. The van der Waals surface area contributed by atoms with Gasteiger partial charge in [0.15, 0.2) is 0 Å². The lowest BCUT2D eigenvalue weighted by molar-refractivity contribution is 0.628. The highest BCUT2D eigenvalue weighted by Crippen LogP contribution is 2.24. The van der Waals surface area contributed by atoms with Crippen LogP contribution in [0.5, 0.6) is 0 Å². The van der Waals surface area contributed by atoms with Crippen LogP contribution in [0.3, 0.4) is 0 Å². The standard InChI is InChI=1S/C12H11ClFN/c1-3-8-5-10-7(2)4-9(14)6-11(10)15-12(8)13/h4-6H,3H2,1-2H3. The fourth-order valence-corrected chi connectivity index (χ4v) is 1.96. The Bertz CT molecular complexity index is 523. The Kier molecular flexibility index (Phi) is 2.61. The number of benzene rings is 1. The number of rotatable bonds is 1. The van der Waals surface area contributed by atoms with Crippen molar-refractivity contribution in [1.29, 1.82) is 0 Å². The summed E-state index contributed by atoms with van der Waals surface area (Å²) in [4.78, 5) is 4.19. The largest absolute Gasteiger partial charge is 0.236 e. The van der Waals surface area contributed by atoms with E-state index in [4.69, 9.17) is 11.6 Å². The van der Waals surface area contributed by atoms with E-state index in [0.717, 1.165) is 22.9 Å². The second-order valence-electron chi connectivity index (χ2n) is 3.58. The molecule has 1 nitrogen and oxygen atoms in total. The molecule has 1 heterocycles. The smallest absolute Gasteiger partial charge is 0.132 e. The van der Waals surface area contributed by atoms with E-state index < -0.39 is 0 Å². The molecule has 0 spiro atoms. The number of aromatic nitrogens is 1. The second kappa shape index (κ2) is 3.78. The molecule has 0 saturated carbocycles. The van der Waals surface area contributed by atoms with Crippen molar-refractivity contribution >= 4 is 22.5 Å². The molecule has 2 rings (SSSR count). The van der Waals surface area contributed by atoms with E-state index in [-0.39, 0.29) is 5.82 Å². The molecular formula is C12H11ClFN. The lowest BCUT2D eigenvalue weighted by Crippen LogP contribution is -1.91. The van der Waals surface area contributed by atoms with E-state index in [1.165, 1.54) is 12.1 Å². The summed E-state index contributed by atoms with van der Waals surface area (Å²) in [5.41, 5.74) is 2.51. The molecule has 0 unspecified atom stereocenters. The number of hydrogen-bond donors (Lipinski definition) is 0. The molecule has 0 atom stereocenters. The van der Waals surface area contributed by atoms with Crippen molar-refractivity contribution in [3.05, 3.63) is 40.3 Å². The van der Waals surface area contributed by atoms with E-state index in [0.29, 0.717) is 10.7 Å². The zero-order valence-electron chi connectivity index (χ0n) is 8.64. The molecule has 0 N–H and O–H groups in total. The summed E-state index contributed by atoms with van der Waals surface area (Å²) in [6.07, 6.45) is 0.832. The van der Waals surface area contributed by atoms with Crippen LogP contribution in [0.4, 0.5) is 4.39 Å². The number of hydrogen-bond acceptors (Lipinski definition) is 1. The van der Waals surface area contributed by atoms with Gasteiger partial charge in [-0.25, -0.2) is 9.37 Å². The number of nitrogens with zero attached hydrogens (tertiary/aromatic N) is 1. The van der Waals surface area contributed by atoms with Crippen molar-refractivity contribution in [3.8, 4) is 0 Å². The van der Waals surface area contributed by atoms with Gasteiger partial charge in [-0.3, -0.25) is 0 Å². The lowest BCUT2D eigenvalue weighted by Gasteiger charge is -2.06. The quantitative estimate of drug-likeness (QED) is 0.669. The molecule has 0 amide bonds.